The van der Waals surface area contributed by atoms with Crippen molar-refractivity contribution in [2.75, 3.05) is 19.8 Å². The number of unbranched alkanes of at least 4 members (excludes halogenated alkanes) is 32. The average molecular weight is 1190 g/mol. The Morgan fingerprint density at radius 3 is 1.31 bits per heavy atom. The minimum atomic E-state index is -1.79. The molecule has 14 nitrogen and oxygen atoms in total. The molecule has 2 rings (SSSR count). The van der Waals surface area contributed by atoms with E-state index in [9.17, 15) is 45.6 Å². The molecule has 0 aromatic rings. The van der Waals surface area contributed by atoms with Gasteiger partial charge in [0.1, 0.15) is 48.8 Å². The second-order valence-electron chi connectivity index (χ2n) is 23.9. The van der Waals surface area contributed by atoms with Gasteiger partial charge in [0.25, 0.3) is 0 Å². The van der Waals surface area contributed by atoms with Crippen molar-refractivity contribution in [2.45, 2.75) is 344 Å². The zero-order valence-corrected chi connectivity index (χ0v) is 52.9. The van der Waals surface area contributed by atoms with Crippen LogP contribution in [0.2, 0.25) is 0 Å². The summed E-state index contributed by atoms with van der Waals surface area (Å²) in [4.78, 5) is 13.3. The van der Waals surface area contributed by atoms with Gasteiger partial charge in [-0.2, -0.15) is 0 Å². The summed E-state index contributed by atoms with van der Waals surface area (Å²) in [7, 11) is 0. The largest absolute Gasteiger partial charge is 0.394 e. The molecule has 488 valence electrons. The van der Waals surface area contributed by atoms with Gasteiger partial charge in [0.2, 0.25) is 5.91 Å². The predicted molar refractivity (Wildman–Crippen MR) is 341 cm³/mol. The zero-order valence-electron chi connectivity index (χ0n) is 52.9. The van der Waals surface area contributed by atoms with Gasteiger partial charge < -0.3 is 65.1 Å². The highest BCUT2D eigenvalue weighted by Crippen LogP contribution is 2.30. The van der Waals surface area contributed by atoms with Crippen molar-refractivity contribution in [1.82, 2.24) is 5.32 Å². The van der Waals surface area contributed by atoms with Crippen molar-refractivity contribution in [2.24, 2.45) is 0 Å². The smallest absolute Gasteiger partial charge is 0.220 e. The molecule has 2 aliphatic heterocycles. The maximum Gasteiger partial charge on any atom is 0.220 e. The van der Waals surface area contributed by atoms with E-state index in [1.165, 1.54) is 173 Å². The fraction of sp³-hybridized carbons (Fsp3) is 0.814. The van der Waals surface area contributed by atoms with Gasteiger partial charge in [-0.25, -0.2) is 0 Å². The summed E-state index contributed by atoms with van der Waals surface area (Å²) in [6.07, 6.45) is 56.7. The highest BCUT2D eigenvalue weighted by atomic mass is 16.7. The van der Waals surface area contributed by atoms with Gasteiger partial charge in [-0.3, -0.25) is 4.79 Å². The Labute approximate surface area is 510 Å². The number of aliphatic hydroxyl groups excluding tert-OH is 8. The van der Waals surface area contributed by atoms with Gasteiger partial charge in [-0.15, -0.1) is 0 Å². The van der Waals surface area contributed by atoms with Crippen LogP contribution in [0.25, 0.3) is 0 Å². The first-order valence-electron chi connectivity index (χ1n) is 34.2. The van der Waals surface area contributed by atoms with Crippen LogP contribution in [-0.2, 0) is 23.7 Å². The van der Waals surface area contributed by atoms with Gasteiger partial charge in [0, 0.05) is 6.42 Å². The second-order valence-corrected chi connectivity index (χ2v) is 23.9. The van der Waals surface area contributed by atoms with Crippen molar-refractivity contribution in [1.29, 1.82) is 0 Å². The van der Waals surface area contributed by atoms with Crippen LogP contribution in [0.4, 0.5) is 0 Å². The van der Waals surface area contributed by atoms with Crippen molar-refractivity contribution in [3.05, 3.63) is 72.9 Å². The van der Waals surface area contributed by atoms with Crippen LogP contribution < -0.4 is 5.32 Å². The normalized spacial score (nSPS) is 24.1. The first kappa shape index (κ1) is 77.5. The lowest BCUT2D eigenvalue weighted by Gasteiger charge is -2.46. The van der Waals surface area contributed by atoms with E-state index in [4.69, 9.17) is 18.9 Å². The molecule has 2 aliphatic rings. The third kappa shape index (κ3) is 38.7. The van der Waals surface area contributed by atoms with Crippen molar-refractivity contribution < 1.29 is 64.6 Å². The number of hydrogen-bond donors (Lipinski definition) is 9. The Bertz CT molecular complexity index is 1690. The molecule has 0 aliphatic carbocycles. The number of nitrogens with one attached hydrogen (secondary N) is 1. The van der Waals surface area contributed by atoms with Crippen molar-refractivity contribution >= 4 is 5.91 Å². The molecular weight excluding hydrogens is 1060 g/mol. The third-order valence-electron chi connectivity index (χ3n) is 16.4. The monoisotopic (exact) mass is 1190 g/mol. The molecule has 0 aromatic heterocycles. The Morgan fingerprint density at radius 1 is 0.440 bits per heavy atom. The molecule has 2 saturated heterocycles. The van der Waals surface area contributed by atoms with Gasteiger partial charge >= 0.3 is 0 Å². The Morgan fingerprint density at radius 2 is 0.833 bits per heavy atom. The van der Waals surface area contributed by atoms with E-state index >= 15 is 0 Å². The summed E-state index contributed by atoms with van der Waals surface area (Å²) in [6, 6.07) is -0.939. The second kappa shape index (κ2) is 54.6. The van der Waals surface area contributed by atoms with Gasteiger partial charge in [-0.1, -0.05) is 267 Å². The number of aliphatic hydroxyl groups is 8. The topological polar surface area (TPSA) is 228 Å². The lowest BCUT2D eigenvalue weighted by molar-refractivity contribution is -0.359. The first-order chi connectivity index (χ1) is 41.1. The molecule has 0 aromatic carbocycles. The minimum Gasteiger partial charge on any atom is -0.394 e. The standard InChI is InChI=1S/C70H125NO13/c1-3-5-7-9-11-13-15-17-19-21-23-25-27-28-29-30-32-33-35-37-39-41-43-45-47-49-51-53-59(74)58(57-81-69-67(80)65(78)68(61(56-73)83-69)84-70-66(79)64(77)63(76)60(55-72)82-70)71-62(75)54-52-50-48-46-44-42-40-38-36-34-31-26-24-22-20-18-16-14-12-10-8-6-4-2/h6,8,12,14,18,20,24,26,43,45,51,53,58-61,63-70,72-74,76-80H,3-5,7,9-11,13,15-17,19,21-23,25,27-42,44,46-50,52,54-57H2,1-2H3,(H,71,75)/b8-6-,14-12-,20-18-,26-24-,45-43+,53-51+. The Hall–Kier alpha value is -2.57. The van der Waals surface area contributed by atoms with Crippen LogP contribution in [-0.4, -0.2) is 140 Å². The van der Waals surface area contributed by atoms with E-state index < -0.39 is 86.8 Å². The molecule has 0 bridgehead atoms. The lowest BCUT2D eigenvalue weighted by atomic mass is 9.97. The lowest BCUT2D eigenvalue weighted by Crippen LogP contribution is -2.65. The summed E-state index contributed by atoms with van der Waals surface area (Å²) in [6.45, 7) is 2.69. The molecule has 0 spiro atoms. The number of allylic oxidation sites excluding steroid dienone is 11. The number of rotatable bonds is 55. The molecule has 84 heavy (non-hydrogen) atoms. The summed E-state index contributed by atoms with van der Waals surface area (Å²) < 4.78 is 22.8. The van der Waals surface area contributed by atoms with Gasteiger partial charge in [0.05, 0.1) is 32.0 Å². The summed E-state index contributed by atoms with van der Waals surface area (Å²) in [5.74, 6) is -0.254. The number of amides is 1. The van der Waals surface area contributed by atoms with Crippen LogP contribution in [0.1, 0.15) is 271 Å². The summed E-state index contributed by atoms with van der Waals surface area (Å²) in [5, 5.41) is 87.4. The van der Waals surface area contributed by atoms with E-state index in [0.29, 0.717) is 12.8 Å². The fourth-order valence-electron chi connectivity index (χ4n) is 10.9. The van der Waals surface area contributed by atoms with Crippen molar-refractivity contribution in [3.63, 3.8) is 0 Å². The van der Waals surface area contributed by atoms with Crippen LogP contribution in [0.3, 0.4) is 0 Å². The van der Waals surface area contributed by atoms with Crippen LogP contribution in [0.15, 0.2) is 72.9 Å². The van der Waals surface area contributed by atoms with Crippen LogP contribution >= 0.6 is 0 Å². The highest BCUT2D eigenvalue weighted by Gasteiger charge is 2.51. The first-order valence-corrected chi connectivity index (χ1v) is 34.2. The molecule has 14 heteroatoms. The van der Waals surface area contributed by atoms with E-state index in [1.54, 1.807) is 6.08 Å². The maximum atomic E-state index is 13.3. The quantitative estimate of drug-likeness (QED) is 0.0204. The summed E-state index contributed by atoms with van der Waals surface area (Å²) >= 11 is 0. The highest BCUT2D eigenvalue weighted by molar-refractivity contribution is 5.76. The number of carbonyl (C=O) groups excluding carboxylic acids is 1. The Balaban J connectivity index is 1.72. The molecular formula is C70H125NO13. The summed E-state index contributed by atoms with van der Waals surface area (Å²) in [5.41, 5.74) is 0. The van der Waals surface area contributed by atoms with E-state index in [1.807, 2.05) is 6.08 Å². The number of hydrogen-bond acceptors (Lipinski definition) is 13. The van der Waals surface area contributed by atoms with E-state index in [2.05, 4.69) is 79.9 Å². The Kier molecular flexibility index (Phi) is 50.4. The molecule has 0 radical (unpaired) electrons. The molecule has 12 atom stereocenters. The molecule has 9 N–H and O–H groups in total. The molecule has 0 saturated carbocycles. The van der Waals surface area contributed by atoms with Gasteiger partial charge in [0.15, 0.2) is 12.6 Å². The SMILES string of the molecule is CC/C=C\C/C=C\C/C=C\C/C=C\CCCCCCCCCCCCC(=O)NC(COC1OC(CO)C(OC2OC(CO)C(O)C(O)C2O)C(O)C1O)C(O)/C=C/CC/C=C/CCCCCCCCCCCCCCCCCCCCCCC. The molecule has 1 amide bonds. The molecule has 2 heterocycles. The maximum absolute atomic E-state index is 13.3. The van der Waals surface area contributed by atoms with Gasteiger partial charge in [-0.05, 0) is 70.6 Å². The predicted octanol–water partition coefficient (Wildman–Crippen LogP) is 13.5. The van der Waals surface area contributed by atoms with E-state index in [0.717, 1.165) is 64.2 Å². The fourth-order valence-corrected chi connectivity index (χ4v) is 10.9. The van der Waals surface area contributed by atoms with E-state index in [-0.39, 0.29) is 18.9 Å². The minimum absolute atomic E-state index is 0.254. The van der Waals surface area contributed by atoms with Crippen molar-refractivity contribution in [3.8, 4) is 0 Å². The van der Waals surface area contributed by atoms with Crippen LogP contribution in [0, 0.1) is 0 Å². The molecule has 12 unspecified atom stereocenters. The average Bonchev–Trinajstić information content (AvgIpc) is 3.18. The van der Waals surface area contributed by atoms with Crippen LogP contribution in [0.5, 0.6) is 0 Å². The third-order valence-corrected chi connectivity index (χ3v) is 16.4. The number of ether oxygens (including phenoxy) is 4. The number of carbonyl (C=O) groups is 1. The zero-order chi connectivity index (χ0) is 60.9. The molecule has 2 fully saturated rings.